The highest BCUT2D eigenvalue weighted by atomic mass is 16.3. The number of hydrogen-bond donors (Lipinski definition) is 3. The van der Waals surface area contributed by atoms with Crippen LogP contribution in [0, 0.1) is 0 Å². The van der Waals surface area contributed by atoms with Crippen LogP contribution in [0.1, 0.15) is 50.4 Å². The van der Waals surface area contributed by atoms with Crippen molar-refractivity contribution in [3.63, 3.8) is 0 Å². The molecule has 3 amide bonds. The van der Waals surface area contributed by atoms with Crippen LogP contribution in [0.5, 0.6) is 0 Å². The zero-order valence-corrected chi connectivity index (χ0v) is 23.3. The molecule has 5 rings (SSSR count). The fourth-order valence-electron chi connectivity index (χ4n) is 4.94. The molecule has 0 aliphatic carbocycles. The third kappa shape index (κ3) is 7.62. The van der Waals surface area contributed by atoms with E-state index in [4.69, 9.17) is 4.42 Å². The first-order valence-corrected chi connectivity index (χ1v) is 14.1. The van der Waals surface area contributed by atoms with Gasteiger partial charge in [-0.3, -0.25) is 14.4 Å². The molecule has 8 nitrogen and oxygen atoms in total. The average Bonchev–Trinajstić information content (AvgIpc) is 3.73. The summed E-state index contributed by atoms with van der Waals surface area (Å²) >= 11 is 0. The lowest BCUT2D eigenvalue weighted by molar-refractivity contribution is -0.105. The summed E-state index contributed by atoms with van der Waals surface area (Å²) in [5.74, 6) is 0.889. The molecule has 1 aromatic heterocycles. The molecular weight excluding hydrogens is 528 g/mol. The van der Waals surface area contributed by atoms with Crippen LogP contribution in [0.3, 0.4) is 0 Å². The van der Waals surface area contributed by atoms with Gasteiger partial charge in [0.25, 0.3) is 11.8 Å². The van der Waals surface area contributed by atoms with Crippen molar-refractivity contribution < 1.29 is 18.8 Å². The lowest BCUT2D eigenvalue weighted by Gasteiger charge is -2.14. The molecule has 0 spiro atoms. The quantitative estimate of drug-likeness (QED) is 0.200. The van der Waals surface area contributed by atoms with Gasteiger partial charge in [-0.2, -0.15) is 0 Å². The number of anilines is 1. The first-order chi connectivity index (χ1) is 20.6. The molecule has 3 N–H and O–H groups in total. The maximum atomic E-state index is 12.8. The number of nitrogens with one attached hydrogen (secondary N) is 3. The van der Waals surface area contributed by atoms with E-state index in [0.717, 1.165) is 30.8 Å². The van der Waals surface area contributed by atoms with Gasteiger partial charge in [-0.25, -0.2) is 0 Å². The number of carbonyl (C=O) groups excluding carboxylic acids is 3. The lowest BCUT2D eigenvalue weighted by atomic mass is 10.1. The van der Waals surface area contributed by atoms with Crippen LogP contribution in [0.2, 0.25) is 0 Å². The van der Waals surface area contributed by atoms with Gasteiger partial charge in [-0.05, 0) is 91.7 Å². The molecule has 3 aromatic carbocycles. The van der Waals surface area contributed by atoms with E-state index in [1.54, 1.807) is 36.4 Å². The smallest absolute Gasteiger partial charge is 0.251 e. The maximum Gasteiger partial charge on any atom is 0.251 e. The van der Waals surface area contributed by atoms with E-state index in [2.05, 4.69) is 20.9 Å². The summed E-state index contributed by atoms with van der Waals surface area (Å²) in [6.45, 7) is 4.10. The summed E-state index contributed by atoms with van der Waals surface area (Å²) < 4.78 is 6.05. The van der Waals surface area contributed by atoms with Crippen LogP contribution in [0.25, 0.3) is 23.5 Å². The molecule has 4 aromatic rings. The summed E-state index contributed by atoms with van der Waals surface area (Å²) in [6.07, 6.45) is 6.61. The van der Waals surface area contributed by atoms with Gasteiger partial charge in [0, 0.05) is 42.0 Å². The number of nitrogens with zero attached hydrogens (tertiary/aromatic N) is 1. The minimum atomic E-state index is -0.216. The van der Waals surface area contributed by atoms with Crippen molar-refractivity contribution in [2.24, 2.45) is 0 Å². The highest BCUT2D eigenvalue weighted by Crippen LogP contribution is 2.26. The Morgan fingerprint density at radius 1 is 0.810 bits per heavy atom. The Bertz CT molecular complexity index is 1550. The van der Waals surface area contributed by atoms with Crippen LogP contribution in [0.4, 0.5) is 5.69 Å². The van der Waals surface area contributed by atoms with Crippen molar-refractivity contribution in [2.45, 2.75) is 19.4 Å². The van der Waals surface area contributed by atoms with E-state index in [-0.39, 0.29) is 11.8 Å². The zero-order valence-electron chi connectivity index (χ0n) is 23.3. The third-order valence-electron chi connectivity index (χ3n) is 7.20. The second-order valence-electron chi connectivity index (χ2n) is 10.2. The Labute approximate surface area is 245 Å². The van der Waals surface area contributed by atoms with E-state index < -0.39 is 0 Å². The van der Waals surface area contributed by atoms with E-state index in [9.17, 15) is 14.4 Å². The van der Waals surface area contributed by atoms with Crippen LogP contribution in [-0.2, 0) is 11.3 Å². The predicted molar refractivity (Wildman–Crippen MR) is 165 cm³/mol. The Kier molecular flexibility index (Phi) is 9.59. The van der Waals surface area contributed by atoms with E-state index in [1.807, 2.05) is 60.7 Å². The predicted octanol–water partition coefficient (Wildman–Crippen LogP) is 5.44. The second kappa shape index (κ2) is 14.1. The van der Waals surface area contributed by atoms with Crippen molar-refractivity contribution in [1.29, 1.82) is 0 Å². The largest absolute Gasteiger partial charge is 0.457 e. The summed E-state index contributed by atoms with van der Waals surface area (Å²) in [5.41, 5.74) is 4.06. The highest BCUT2D eigenvalue weighted by molar-refractivity contribution is 5.97. The molecule has 214 valence electrons. The Hall–Kier alpha value is -4.95. The lowest BCUT2D eigenvalue weighted by Crippen LogP contribution is -2.33. The molecule has 42 heavy (non-hydrogen) atoms. The van der Waals surface area contributed by atoms with Gasteiger partial charge in [-0.15, -0.1) is 0 Å². The molecule has 0 unspecified atom stereocenters. The number of carbonyl (C=O) groups is 3. The molecule has 0 atom stereocenters. The Balaban J connectivity index is 1.25. The van der Waals surface area contributed by atoms with Gasteiger partial charge >= 0.3 is 0 Å². The molecule has 0 bridgehead atoms. The topological polar surface area (TPSA) is 104 Å². The molecule has 1 saturated heterocycles. The maximum absolute atomic E-state index is 12.8. The number of likely N-dealkylation sites (tertiary alicyclic amines) is 1. The van der Waals surface area contributed by atoms with Crippen LogP contribution in [0.15, 0.2) is 89.3 Å². The van der Waals surface area contributed by atoms with Crippen molar-refractivity contribution in [2.75, 3.05) is 31.5 Å². The molecule has 8 heteroatoms. The van der Waals surface area contributed by atoms with Gasteiger partial charge in [0.1, 0.15) is 11.5 Å². The Morgan fingerprint density at radius 2 is 1.60 bits per heavy atom. The van der Waals surface area contributed by atoms with Crippen molar-refractivity contribution in [3.8, 4) is 11.3 Å². The van der Waals surface area contributed by atoms with Crippen LogP contribution in [-0.4, -0.2) is 49.3 Å². The summed E-state index contributed by atoms with van der Waals surface area (Å²) in [6, 6.07) is 25.8. The van der Waals surface area contributed by atoms with Crippen molar-refractivity contribution in [3.05, 3.63) is 113 Å². The normalized spacial score (nSPS) is 13.2. The summed E-state index contributed by atoms with van der Waals surface area (Å²) in [5, 5.41) is 8.61. The minimum absolute atomic E-state index is 0.106. The molecule has 2 heterocycles. The van der Waals surface area contributed by atoms with Crippen molar-refractivity contribution in [1.82, 2.24) is 15.5 Å². The molecule has 1 aliphatic rings. The van der Waals surface area contributed by atoms with Gasteiger partial charge in [-0.1, -0.05) is 42.5 Å². The van der Waals surface area contributed by atoms with Gasteiger partial charge in [0.05, 0.1) is 0 Å². The monoisotopic (exact) mass is 562 g/mol. The fourth-order valence-corrected chi connectivity index (χ4v) is 4.94. The number of amides is 3. The molecule has 1 aliphatic heterocycles. The average molecular weight is 563 g/mol. The first-order valence-electron chi connectivity index (χ1n) is 14.1. The second-order valence-corrected chi connectivity index (χ2v) is 10.2. The van der Waals surface area contributed by atoms with Crippen LogP contribution >= 0.6 is 0 Å². The molecule has 0 radical (unpaired) electrons. The van der Waals surface area contributed by atoms with Crippen molar-refractivity contribution >= 4 is 36.1 Å². The number of hydrogen-bond acceptors (Lipinski definition) is 5. The molecule has 0 saturated carbocycles. The fraction of sp³-hybridized carbons (Fsp3) is 0.206. The number of rotatable bonds is 12. The van der Waals surface area contributed by atoms with Crippen LogP contribution < -0.4 is 16.0 Å². The van der Waals surface area contributed by atoms with Gasteiger partial charge < -0.3 is 25.3 Å². The minimum Gasteiger partial charge on any atom is -0.457 e. The molecular formula is C34H34N4O4. The summed E-state index contributed by atoms with van der Waals surface area (Å²) in [7, 11) is 0. The van der Waals surface area contributed by atoms with E-state index >= 15 is 0 Å². The number of benzene rings is 3. The standard InChI is InChI=1S/C34H34N4O4/c39-24-37-31-15-12-29(34(41)36-23-25-7-2-1-3-8-25)21-26(31)11-13-30-14-16-32(42-30)27-9-6-10-28(22-27)33(40)35-17-20-38-18-4-5-19-38/h1-3,6-16,21-22,24H,4-5,17-20,23H2,(H,35,40)(H,36,41)(H,37,39)/b13-11-. The van der Waals surface area contributed by atoms with Gasteiger partial charge in [0.15, 0.2) is 0 Å². The number of furan rings is 1. The first kappa shape index (κ1) is 28.6. The zero-order chi connectivity index (χ0) is 29.1. The van der Waals surface area contributed by atoms with E-state index in [0.29, 0.717) is 53.4 Å². The highest BCUT2D eigenvalue weighted by Gasteiger charge is 2.13. The third-order valence-corrected chi connectivity index (χ3v) is 7.20. The Morgan fingerprint density at radius 3 is 2.40 bits per heavy atom. The summed E-state index contributed by atoms with van der Waals surface area (Å²) in [4.78, 5) is 39.0. The molecule has 1 fully saturated rings. The van der Waals surface area contributed by atoms with E-state index in [1.165, 1.54) is 12.8 Å². The SMILES string of the molecule is O=CNc1ccc(C(=O)NCc2ccccc2)cc1/C=C\c1ccc(-c2cccc(C(=O)NCCN3CCCC3)c2)o1. The van der Waals surface area contributed by atoms with Gasteiger partial charge in [0.2, 0.25) is 6.41 Å².